The first kappa shape index (κ1) is 16.3. The van der Waals surface area contributed by atoms with Crippen LogP contribution >= 0.6 is 23.4 Å². The van der Waals surface area contributed by atoms with Crippen molar-refractivity contribution in [2.24, 2.45) is 0 Å². The van der Waals surface area contributed by atoms with Gasteiger partial charge in [0.1, 0.15) is 5.82 Å². The van der Waals surface area contributed by atoms with Gasteiger partial charge in [-0.15, -0.1) is 11.8 Å². The van der Waals surface area contributed by atoms with E-state index in [9.17, 15) is 4.39 Å². The van der Waals surface area contributed by atoms with Crippen molar-refractivity contribution < 1.29 is 4.39 Å². The van der Waals surface area contributed by atoms with E-state index >= 15 is 0 Å². The maximum absolute atomic E-state index is 13.6. The number of halogens is 2. The van der Waals surface area contributed by atoms with Crippen molar-refractivity contribution in [1.82, 2.24) is 5.32 Å². The van der Waals surface area contributed by atoms with E-state index in [2.05, 4.69) is 30.6 Å². The summed E-state index contributed by atoms with van der Waals surface area (Å²) in [4.78, 5) is 1.25. The van der Waals surface area contributed by atoms with Crippen LogP contribution in [-0.4, -0.2) is 12.8 Å². The fourth-order valence-electron chi connectivity index (χ4n) is 2.40. The zero-order valence-electron chi connectivity index (χ0n) is 12.2. The second kappa shape index (κ2) is 7.83. The largest absolute Gasteiger partial charge is 0.310 e. The number of hydrogen-bond acceptors (Lipinski definition) is 2. The van der Waals surface area contributed by atoms with Crippen molar-refractivity contribution in [3.05, 3.63) is 64.4 Å². The molecule has 21 heavy (non-hydrogen) atoms. The van der Waals surface area contributed by atoms with E-state index in [1.807, 2.05) is 18.2 Å². The second-order valence-electron chi connectivity index (χ2n) is 4.80. The Morgan fingerprint density at radius 2 is 2.00 bits per heavy atom. The summed E-state index contributed by atoms with van der Waals surface area (Å²) in [6.45, 7) is 2.95. The summed E-state index contributed by atoms with van der Waals surface area (Å²) in [5, 5.41) is 3.66. The molecule has 1 nitrogen and oxygen atoms in total. The van der Waals surface area contributed by atoms with Crippen LogP contribution in [-0.2, 0) is 6.42 Å². The van der Waals surface area contributed by atoms with Gasteiger partial charge in [-0.25, -0.2) is 4.39 Å². The SMILES string of the molecule is CCNC(Cc1ccc(Cl)c(F)c1)c1ccccc1SC. The molecule has 112 valence electrons. The molecule has 0 aliphatic rings. The molecule has 2 aromatic carbocycles. The first-order valence-corrected chi connectivity index (χ1v) is 8.56. The van der Waals surface area contributed by atoms with E-state index in [1.54, 1.807) is 17.8 Å². The average Bonchev–Trinajstić information content (AvgIpc) is 2.50. The number of nitrogens with one attached hydrogen (secondary N) is 1. The van der Waals surface area contributed by atoms with E-state index in [0.717, 1.165) is 18.5 Å². The molecule has 0 spiro atoms. The van der Waals surface area contributed by atoms with Crippen LogP contribution in [0.3, 0.4) is 0 Å². The van der Waals surface area contributed by atoms with Crippen LogP contribution in [0.2, 0.25) is 5.02 Å². The summed E-state index contributed by atoms with van der Waals surface area (Å²) in [6, 6.07) is 13.5. The molecule has 0 radical (unpaired) electrons. The molecule has 2 aromatic rings. The molecule has 4 heteroatoms. The molecular formula is C17H19ClFNS. The molecule has 0 amide bonds. The van der Waals surface area contributed by atoms with Gasteiger partial charge in [0.25, 0.3) is 0 Å². The molecule has 2 rings (SSSR count). The first-order valence-electron chi connectivity index (χ1n) is 6.96. The number of hydrogen-bond donors (Lipinski definition) is 1. The summed E-state index contributed by atoms with van der Waals surface area (Å²) < 4.78 is 13.6. The van der Waals surface area contributed by atoms with Crippen LogP contribution in [0.4, 0.5) is 4.39 Å². The molecule has 0 aliphatic carbocycles. The van der Waals surface area contributed by atoms with E-state index in [4.69, 9.17) is 11.6 Å². The van der Waals surface area contributed by atoms with Crippen LogP contribution < -0.4 is 5.32 Å². The summed E-state index contributed by atoms with van der Waals surface area (Å²) in [7, 11) is 0. The Kier molecular flexibility index (Phi) is 6.09. The van der Waals surface area contributed by atoms with Crippen LogP contribution in [0.25, 0.3) is 0 Å². The molecule has 1 unspecified atom stereocenters. The summed E-state index contributed by atoms with van der Waals surface area (Å²) in [5.41, 5.74) is 2.20. The van der Waals surface area contributed by atoms with Crippen LogP contribution in [0, 0.1) is 5.82 Å². The lowest BCUT2D eigenvalue weighted by Crippen LogP contribution is -2.23. The molecule has 0 aromatic heterocycles. The monoisotopic (exact) mass is 323 g/mol. The smallest absolute Gasteiger partial charge is 0.142 e. The van der Waals surface area contributed by atoms with Gasteiger partial charge in [0.05, 0.1) is 5.02 Å². The highest BCUT2D eigenvalue weighted by molar-refractivity contribution is 7.98. The minimum atomic E-state index is -0.359. The maximum Gasteiger partial charge on any atom is 0.142 e. The van der Waals surface area contributed by atoms with Gasteiger partial charge in [-0.1, -0.05) is 42.8 Å². The van der Waals surface area contributed by atoms with Crippen LogP contribution in [0.1, 0.15) is 24.1 Å². The van der Waals surface area contributed by atoms with E-state index in [-0.39, 0.29) is 16.9 Å². The first-order chi connectivity index (χ1) is 10.2. The van der Waals surface area contributed by atoms with E-state index in [0.29, 0.717) is 0 Å². The quantitative estimate of drug-likeness (QED) is 0.743. The summed E-state index contributed by atoms with van der Waals surface area (Å²) >= 11 is 7.48. The van der Waals surface area contributed by atoms with Crippen molar-refractivity contribution in [3.63, 3.8) is 0 Å². The zero-order valence-corrected chi connectivity index (χ0v) is 13.8. The highest BCUT2D eigenvalue weighted by Crippen LogP contribution is 2.28. The second-order valence-corrected chi connectivity index (χ2v) is 6.06. The lowest BCUT2D eigenvalue weighted by Gasteiger charge is -2.21. The lowest BCUT2D eigenvalue weighted by molar-refractivity contribution is 0.539. The third kappa shape index (κ3) is 4.22. The molecule has 0 saturated heterocycles. The van der Waals surface area contributed by atoms with Gasteiger partial charge in [-0.2, -0.15) is 0 Å². The Labute approximate surface area is 134 Å². The number of thioether (sulfide) groups is 1. The van der Waals surface area contributed by atoms with Gasteiger partial charge in [0.2, 0.25) is 0 Å². The maximum atomic E-state index is 13.6. The molecule has 0 fully saturated rings. The van der Waals surface area contributed by atoms with Crippen molar-refractivity contribution in [1.29, 1.82) is 0 Å². The topological polar surface area (TPSA) is 12.0 Å². The van der Waals surface area contributed by atoms with Gasteiger partial charge in [0, 0.05) is 10.9 Å². The highest BCUT2D eigenvalue weighted by Gasteiger charge is 2.15. The van der Waals surface area contributed by atoms with Gasteiger partial charge >= 0.3 is 0 Å². The Bertz CT molecular complexity index is 603. The van der Waals surface area contributed by atoms with Gasteiger partial charge in [0.15, 0.2) is 0 Å². The molecule has 0 heterocycles. The Hall–Kier alpha value is -1.03. The van der Waals surface area contributed by atoms with Crippen molar-refractivity contribution >= 4 is 23.4 Å². The molecule has 0 bridgehead atoms. The van der Waals surface area contributed by atoms with E-state index < -0.39 is 0 Å². The molecular weight excluding hydrogens is 305 g/mol. The fourth-order valence-corrected chi connectivity index (χ4v) is 3.17. The normalized spacial score (nSPS) is 12.4. The Morgan fingerprint density at radius 3 is 2.67 bits per heavy atom. The third-order valence-electron chi connectivity index (χ3n) is 3.39. The highest BCUT2D eigenvalue weighted by atomic mass is 35.5. The van der Waals surface area contributed by atoms with Crippen molar-refractivity contribution in [3.8, 4) is 0 Å². The molecule has 0 saturated carbocycles. The minimum Gasteiger partial charge on any atom is -0.310 e. The predicted molar refractivity (Wildman–Crippen MR) is 89.8 cm³/mol. The summed E-state index contributed by atoms with van der Waals surface area (Å²) in [5.74, 6) is -0.359. The minimum absolute atomic E-state index is 0.166. The number of benzene rings is 2. The molecule has 1 atom stereocenters. The number of rotatable bonds is 6. The molecule has 0 aliphatic heterocycles. The van der Waals surface area contributed by atoms with Gasteiger partial charge in [-0.05, 0) is 48.5 Å². The standard InChI is InChI=1S/C17H19ClFNS/c1-3-20-16(13-6-4-5-7-17(13)21-2)11-12-8-9-14(18)15(19)10-12/h4-10,16,20H,3,11H2,1-2H3. The fraction of sp³-hybridized carbons (Fsp3) is 0.294. The van der Waals surface area contributed by atoms with Crippen LogP contribution in [0.15, 0.2) is 47.4 Å². The van der Waals surface area contributed by atoms with E-state index in [1.165, 1.54) is 16.5 Å². The number of likely N-dealkylation sites (N-methyl/N-ethyl adjacent to an activating group) is 1. The Morgan fingerprint density at radius 1 is 1.24 bits per heavy atom. The van der Waals surface area contributed by atoms with Gasteiger partial charge < -0.3 is 5.32 Å². The van der Waals surface area contributed by atoms with Crippen LogP contribution in [0.5, 0.6) is 0 Å². The van der Waals surface area contributed by atoms with Crippen molar-refractivity contribution in [2.75, 3.05) is 12.8 Å². The van der Waals surface area contributed by atoms with Crippen molar-refractivity contribution in [2.45, 2.75) is 24.3 Å². The predicted octanol–water partition coefficient (Wildman–Crippen LogP) is 5.09. The summed E-state index contributed by atoms with van der Waals surface area (Å²) in [6.07, 6.45) is 2.81. The zero-order chi connectivity index (χ0) is 15.2. The molecule has 1 N–H and O–H groups in total. The third-order valence-corrected chi connectivity index (χ3v) is 4.51. The van der Waals surface area contributed by atoms with Gasteiger partial charge in [-0.3, -0.25) is 0 Å². The lowest BCUT2D eigenvalue weighted by atomic mass is 9.98. The average molecular weight is 324 g/mol. The Balaban J connectivity index is 2.28.